The Morgan fingerprint density at radius 2 is 2.15 bits per heavy atom. The van der Waals surface area contributed by atoms with Gasteiger partial charge in [0.05, 0.1) is 11.1 Å². The van der Waals surface area contributed by atoms with Gasteiger partial charge in [-0.15, -0.1) is 0 Å². The Hall–Kier alpha value is -2.18. The van der Waals surface area contributed by atoms with E-state index in [4.69, 9.17) is 0 Å². The average molecular weight is 281 g/mol. The summed E-state index contributed by atoms with van der Waals surface area (Å²) < 4.78 is 1.08. The van der Waals surface area contributed by atoms with Gasteiger partial charge in [-0.05, 0) is 13.3 Å². The van der Waals surface area contributed by atoms with Crippen molar-refractivity contribution < 1.29 is 9.72 Å². The highest BCUT2D eigenvalue weighted by molar-refractivity contribution is 5.75. The molecule has 7 nitrogen and oxygen atoms in total. The lowest BCUT2D eigenvalue weighted by atomic mass is 10.2. The summed E-state index contributed by atoms with van der Waals surface area (Å²) >= 11 is 0. The highest BCUT2D eigenvalue weighted by Gasteiger charge is 2.16. The SMILES string of the molecule is CCCCN(C)C(=O)Cn1cc([N+](=O)[O-])c(C)cc1=O. The number of unbranched alkanes of at least 4 members (excludes halogenated alkanes) is 1. The zero-order chi connectivity index (χ0) is 15.3. The largest absolute Gasteiger partial charge is 0.344 e. The molecule has 0 radical (unpaired) electrons. The molecule has 0 fully saturated rings. The standard InChI is InChI=1S/C13H19N3O4/c1-4-5-6-14(3)13(18)9-15-8-11(16(19)20)10(2)7-12(15)17/h7-8H,4-6,9H2,1-3H3. The van der Waals surface area contributed by atoms with E-state index in [9.17, 15) is 19.7 Å². The van der Waals surface area contributed by atoms with Crippen molar-refractivity contribution in [2.45, 2.75) is 33.2 Å². The minimum atomic E-state index is -0.559. The van der Waals surface area contributed by atoms with Crippen LogP contribution in [0.1, 0.15) is 25.3 Å². The van der Waals surface area contributed by atoms with Crippen LogP contribution in [0.3, 0.4) is 0 Å². The molecule has 0 aliphatic carbocycles. The molecule has 0 aliphatic heterocycles. The summed E-state index contributed by atoms with van der Waals surface area (Å²) in [7, 11) is 1.66. The number of nitrogens with zero attached hydrogens (tertiary/aromatic N) is 3. The molecule has 7 heteroatoms. The molecule has 0 atom stereocenters. The van der Waals surface area contributed by atoms with Gasteiger partial charge in [-0.3, -0.25) is 24.3 Å². The minimum absolute atomic E-state index is 0.159. The second-order valence-corrected chi connectivity index (χ2v) is 4.73. The number of amides is 1. The minimum Gasteiger partial charge on any atom is -0.344 e. The fraction of sp³-hybridized carbons (Fsp3) is 0.538. The first-order valence-corrected chi connectivity index (χ1v) is 6.46. The predicted molar refractivity (Wildman–Crippen MR) is 74.6 cm³/mol. The first kappa shape index (κ1) is 15.9. The Morgan fingerprint density at radius 3 is 2.70 bits per heavy atom. The number of carbonyl (C=O) groups excluding carboxylic acids is 1. The van der Waals surface area contributed by atoms with Gasteiger partial charge in [-0.2, -0.15) is 0 Å². The highest BCUT2D eigenvalue weighted by atomic mass is 16.6. The van der Waals surface area contributed by atoms with E-state index in [0.29, 0.717) is 12.1 Å². The van der Waals surface area contributed by atoms with E-state index in [1.807, 2.05) is 6.92 Å². The third kappa shape index (κ3) is 3.91. The van der Waals surface area contributed by atoms with E-state index in [0.717, 1.165) is 23.6 Å². The number of carbonyl (C=O) groups is 1. The number of aromatic nitrogens is 1. The normalized spacial score (nSPS) is 10.3. The molecule has 0 unspecified atom stereocenters. The maximum atomic E-state index is 11.9. The fourth-order valence-corrected chi connectivity index (χ4v) is 1.76. The summed E-state index contributed by atoms with van der Waals surface area (Å²) in [5.41, 5.74) is -0.276. The molecule has 0 bridgehead atoms. The monoisotopic (exact) mass is 281 g/mol. The molecular formula is C13H19N3O4. The van der Waals surface area contributed by atoms with E-state index >= 15 is 0 Å². The van der Waals surface area contributed by atoms with E-state index in [2.05, 4.69) is 0 Å². The summed E-state index contributed by atoms with van der Waals surface area (Å²) in [4.78, 5) is 35.5. The Labute approximate surface area is 117 Å². The zero-order valence-electron chi connectivity index (χ0n) is 12.0. The summed E-state index contributed by atoms with van der Waals surface area (Å²) in [6.07, 6.45) is 2.97. The average Bonchev–Trinajstić information content (AvgIpc) is 2.38. The molecule has 1 amide bonds. The molecule has 0 spiro atoms. The molecule has 0 N–H and O–H groups in total. The molecule has 20 heavy (non-hydrogen) atoms. The van der Waals surface area contributed by atoms with Crippen LogP contribution in [0.4, 0.5) is 5.69 Å². The third-order valence-corrected chi connectivity index (χ3v) is 3.08. The fourth-order valence-electron chi connectivity index (χ4n) is 1.76. The lowest BCUT2D eigenvalue weighted by molar-refractivity contribution is -0.385. The van der Waals surface area contributed by atoms with Crippen LogP contribution in [0, 0.1) is 17.0 Å². The lowest BCUT2D eigenvalue weighted by Crippen LogP contribution is -2.34. The number of aryl methyl sites for hydroxylation is 1. The molecule has 1 aromatic rings. The first-order chi connectivity index (χ1) is 9.36. The van der Waals surface area contributed by atoms with Crippen LogP contribution in [0.2, 0.25) is 0 Å². The van der Waals surface area contributed by atoms with Gasteiger partial charge >= 0.3 is 0 Å². The molecule has 0 saturated carbocycles. The summed E-state index contributed by atoms with van der Waals surface area (Å²) in [6, 6.07) is 1.18. The van der Waals surface area contributed by atoms with Crippen LogP contribution in [0.15, 0.2) is 17.1 Å². The third-order valence-electron chi connectivity index (χ3n) is 3.08. The Balaban J connectivity index is 2.92. The molecule has 1 rings (SSSR count). The molecule has 110 valence electrons. The van der Waals surface area contributed by atoms with Gasteiger partial charge in [-0.1, -0.05) is 13.3 Å². The second kappa shape index (κ2) is 6.83. The van der Waals surface area contributed by atoms with Crippen molar-refractivity contribution in [1.29, 1.82) is 0 Å². The number of nitro groups is 1. The summed E-state index contributed by atoms with van der Waals surface area (Å²) in [5, 5.41) is 10.8. The van der Waals surface area contributed by atoms with Gasteiger partial charge in [0.15, 0.2) is 0 Å². The summed E-state index contributed by atoms with van der Waals surface area (Å²) in [6.45, 7) is 3.95. The van der Waals surface area contributed by atoms with Gasteiger partial charge in [0.2, 0.25) is 5.91 Å². The number of hydrogen-bond acceptors (Lipinski definition) is 4. The van der Waals surface area contributed by atoms with E-state index in [1.54, 1.807) is 7.05 Å². The van der Waals surface area contributed by atoms with Gasteiger partial charge in [0.1, 0.15) is 6.54 Å². The molecule has 1 heterocycles. The van der Waals surface area contributed by atoms with Crippen molar-refractivity contribution in [2.75, 3.05) is 13.6 Å². The van der Waals surface area contributed by atoms with Crippen molar-refractivity contribution in [3.8, 4) is 0 Å². The summed E-state index contributed by atoms with van der Waals surface area (Å²) in [5.74, 6) is -0.237. The molecule has 0 aliphatic rings. The van der Waals surface area contributed by atoms with Crippen LogP contribution in [0.5, 0.6) is 0 Å². The van der Waals surface area contributed by atoms with Crippen molar-refractivity contribution in [3.63, 3.8) is 0 Å². The Bertz CT molecular complexity index is 565. The number of pyridine rings is 1. The smallest absolute Gasteiger partial charge is 0.288 e. The molecule has 0 aromatic carbocycles. The molecular weight excluding hydrogens is 262 g/mol. The zero-order valence-corrected chi connectivity index (χ0v) is 12.0. The van der Waals surface area contributed by atoms with Gasteiger partial charge in [-0.25, -0.2) is 0 Å². The highest BCUT2D eigenvalue weighted by Crippen LogP contribution is 2.14. The van der Waals surface area contributed by atoms with Crippen molar-refractivity contribution in [1.82, 2.24) is 9.47 Å². The second-order valence-electron chi connectivity index (χ2n) is 4.73. The Morgan fingerprint density at radius 1 is 1.50 bits per heavy atom. The quantitative estimate of drug-likeness (QED) is 0.581. The lowest BCUT2D eigenvalue weighted by Gasteiger charge is -2.17. The van der Waals surface area contributed by atoms with Crippen molar-refractivity contribution in [3.05, 3.63) is 38.3 Å². The van der Waals surface area contributed by atoms with Crippen LogP contribution < -0.4 is 5.56 Å². The molecule has 0 saturated heterocycles. The van der Waals surface area contributed by atoms with Crippen molar-refractivity contribution in [2.24, 2.45) is 0 Å². The maximum absolute atomic E-state index is 11.9. The van der Waals surface area contributed by atoms with E-state index in [-0.39, 0.29) is 18.1 Å². The number of rotatable bonds is 6. The van der Waals surface area contributed by atoms with Gasteiger partial charge in [0.25, 0.3) is 11.2 Å². The number of likely N-dealkylation sites (N-methyl/N-ethyl adjacent to an activating group) is 1. The molecule has 1 aromatic heterocycles. The Kier molecular flexibility index (Phi) is 5.42. The van der Waals surface area contributed by atoms with Crippen LogP contribution >= 0.6 is 0 Å². The van der Waals surface area contributed by atoms with Gasteiger partial charge < -0.3 is 4.90 Å². The predicted octanol–water partition coefficient (Wildman–Crippen LogP) is 1.32. The van der Waals surface area contributed by atoms with E-state index < -0.39 is 10.5 Å². The van der Waals surface area contributed by atoms with Gasteiger partial charge in [0, 0.05) is 25.2 Å². The maximum Gasteiger partial charge on any atom is 0.288 e. The van der Waals surface area contributed by atoms with Crippen LogP contribution in [0.25, 0.3) is 0 Å². The van der Waals surface area contributed by atoms with E-state index in [1.165, 1.54) is 17.9 Å². The first-order valence-electron chi connectivity index (χ1n) is 6.46. The van der Waals surface area contributed by atoms with Crippen LogP contribution in [-0.4, -0.2) is 33.9 Å². The topological polar surface area (TPSA) is 85.4 Å². The number of hydrogen-bond donors (Lipinski definition) is 0. The van der Waals surface area contributed by atoms with Crippen molar-refractivity contribution >= 4 is 11.6 Å². The van der Waals surface area contributed by atoms with Crippen LogP contribution in [-0.2, 0) is 11.3 Å².